The maximum Gasteiger partial charge on any atom is 0.227 e. The van der Waals surface area contributed by atoms with E-state index in [2.05, 4.69) is 72.0 Å². The van der Waals surface area contributed by atoms with E-state index in [1.165, 1.54) is 6.33 Å². The van der Waals surface area contributed by atoms with E-state index in [0.29, 0.717) is 17.9 Å². The van der Waals surface area contributed by atoms with Crippen LogP contribution in [0.5, 0.6) is 0 Å². The highest BCUT2D eigenvalue weighted by Crippen LogP contribution is 2.36. The lowest BCUT2D eigenvalue weighted by Gasteiger charge is -2.48. The minimum atomic E-state index is 0.113. The summed E-state index contributed by atoms with van der Waals surface area (Å²) in [5, 5.41) is 7.60. The van der Waals surface area contributed by atoms with Crippen LogP contribution in [-0.4, -0.2) is 56.6 Å². The number of aromatic nitrogens is 3. The van der Waals surface area contributed by atoms with E-state index in [4.69, 9.17) is 11.6 Å². The zero-order chi connectivity index (χ0) is 20.1. The highest BCUT2D eigenvalue weighted by Gasteiger charge is 2.40. The lowest BCUT2D eigenvalue weighted by molar-refractivity contribution is 0.114. The molecule has 7 heteroatoms. The Hall–Kier alpha value is -0.980. The van der Waals surface area contributed by atoms with Crippen LogP contribution in [0.1, 0.15) is 67.2 Å². The van der Waals surface area contributed by atoms with E-state index in [1.54, 1.807) is 0 Å². The molecule has 1 atom stereocenters. The Morgan fingerprint density at radius 2 is 1.81 bits per heavy atom. The number of piperidine rings is 1. The van der Waals surface area contributed by atoms with Gasteiger partial charge in [0.25, 0.3) is 0 Å². The molecule has 2 N–H and O–H groups in total. The number of hydrogen-bond donors (Lipinski definition) is 2. The first-order valence-corrected chi connectivity index (χ1v) is 10.6. The van der Waals surface area contributed by atoms with Gasteiger partial charge in [-0.2, -0.15) is 4.98 Å². The summed E-state index contributed by atoms with van der Waals surface area (Å²) in [5.41, 5.74) is 0.226. The molecule has 154 valence electrons. The van der Waals surface area contributed by atoms with Crippen LogP contribution in [0.15, 0.2) is 6.33 Å². The van der Waals surface area contributed by atoms with Crippen molar-refractivity contribution in [1.82, 2.24) is 25.2 Å². The van der Waals surface area contributed by atoms with Crippen LogP contribution in [0.25, 0.3) is 0 Å². The molecule has 1 aliphatic rings. The zero-order valence-corrected chi connectivity index (χ0v) is 18.6. The summed E-state index contributed by atoms with van der Waals surface area (Å²) in [6.45, 7) is 17.0. The van der Waals surface area contributed by atoms with Crippen molar-refractivity contribution in [3.05, 3.63) is 11.6 Å². The fourth-order valence-corrected chi connectivity index (χ4v) is 4.82. The van der Waals surface area contributed by atoms with Crippen LogP contribution in [-0.2, 0) is 0 Å². The number of nitrogens with one attached hydrogen (secondary N) is 2. The van der Waals surface area contributed by atoms with Crippen molar-refractivity contribution in [2.75, 3.05) is 25.0 Å². The summed E-state index contributed by atoms with van der Waals surface area (Å²) >= 11 is 5.97. The fraction of sp³-hybridized carbons (Fsp3) is 0.850. The predicted molar refractivity (Wildman–Crippen MR) is 113 cm³/mol. The van der Waals surface area contributed by atoms with Gasteiger partial charge in [0, 0.05) is 17.1 Å². The van der Waals surface area contributed by atoms with Crippen LogP contribution >= 0.6 is 11.6 Å². The Morgan fingerprint density at radius 1 is 1.19 bits per heavy atom. The van der Waals surface area contributed by atoms with Crippen molar-refractivity contribution in [2.45, 2.75) is 84.3 Å². The Balaban J connectivity index is 2.12. The maximum absolute atomic E-state index is 5.97. The molecule has 0 aliphatic carbocycles. The standard InChI is InChI=1S/C20H37ClN6/c1-7-27(8-2)11-9-10-16(24-18-23-14-22-17(21)25-18)15-12-19(3,4)26-20(5,6)13-15/h14-16,26H,7-13H2,1-6H3,(H,22,23,24,25). The minimum Gasteiger partial charge on any atom is -0.351 e. The molecule has 6 nitrogen and oxygen atoms in total. The van der Waals surface area contributed by atoms with E-state index >= 15 is 0 Å². The molecule has 0 saturated carbocycles. The first kappa shape index (κ1) is 22.3. The smallest absolute Gasteiger partial charge is 0.227 e. The summed E-state index contributed by atoms with van der Waals surface area (Å²) in [6.07, 6.45) is 5.97. The summed E-state index contributed by atoms with van der Waals surface area (Å²) in [4.78, 5) is 14.9. The molecular formula is C20H37ClN6. The second kappa shape index (κ2) is 9.48. The van der Waals surface area contributed by atoms with E-state index in [9.17, 15) is 0 Å². The van der Waals surface area contributed by atoms with Gasteiger partial charge in [-0.15, -0.1) is 0 Å². The van der Waals surface area contributed by atoms with Crippen LogP contribution in [0.2, 0.25) is 5.28 Å². The van der Waals surface area contributed by atoms with Gasteiger partial charge in [-0.1, -0.05) is 13.8 Å². The van der Waals surface area contributed by atoms with Crippen molar-refractivity contribution >= 4 is 17.5 Å². The molecule has 0 amide bonds. The van der Waals surface area contributed by atoms with Gasteiger partial charge in [0.2, 0.25) is 11.2 Å². The normalized spacial score (nSPS) is 20.6. The average Bonchev–Trinajstić information content (AvgIpc) is 2.55. The van der Waals surface area contributed by atoms with Gasteiger partial charge >= 0.3 is 0 Å². The van der Waals surface area contributed by atoms with Crippen LogP contribution in [0, 0.1) is 5.92 Å². The van der Waals surface area contributed by atoms with Crippen molar-refractivity contribution in [3.63, 3.8) is 0 Å². The number of hydrogen-bond acceptors (Lipinski definition) is 6. The summed E-state index contributed by atoms with van der Waals surface area (Å²) < 4.78 is 0. The van der Waals surface area contributed by atoms with Gasteiger partial charge in [-0.25, -0.2) is 9.97 Å². The highest BCUT2D eigenvalue weighted by atomic mass is 35.5. The maximum atomic E-state index is 5.97. The number of halogens is 1. The molecule has 1 saturated heterocycles. The average molecular weight is 397 g/mol. The summed E-state index contributed by atoms with van der Waals surface area (Å²) in [6, 6.07) is 0.319. The second-order valence-electron chi connectivity index (χ2n) is 9.06. The van der Waals surface area contributed by atoms with E-state index < -0.39 is 0 Å². The molecule has 0 radical (unpaired) electrons. The van der Waals surface area contributed by atoms with E-state index in [0.717, 1.165) is 45.3 Å². The Bertz CT molecular complexity index is 572. The molecule has 1 fully saturated rings. The monoisotopic (exact) mass is 396 g/mol. The molecule has 2 heterocycles. The molecule has 0 bridgehead atoms. The Kier molecular flexibility index (Phi) is 7.83. The number of anilines is 1. The van der Waals surface area contributed by atoms with Crippen molar-refractivity contribution in [3.8, 4) is 0 Å². The van der Waals surface area contributed by atoms with Gasteiger partial charge in [-0.05, 0) is 90.5 Å². The van der Waals surface area contributed by atoms with Crippen LogP contribution < -0.4 is 10.6 Å². The third-order valence-corrected chi connectivity index (χ3v) is 5.71. The lowest BCUT2D eigenvalue weighted by atomic mass is 9.72. The van der Waals surface area contributed by atoms with Crippen molar-refractivity contribution < 1.29 is 0 Å². The molecule has 2 rings (SSSR count). The van der Waals surface area contributed by atoms with Gasteiger partial charge in [0.15, 0.2) is 0 Å². The molecule has 1 aromatic heterocycles. The van der Waals surface area contributed by atoms with Gasteiger partial charge in [0.05, 0.1) is 0 Å². The fourth-order valence-electron chi connectivity index (χ4n) is 4.70. The quantitative estimate of drug-likeness (QED) is 0.658. The van der Waals surface area contributed by atoms with E-state index in [1.807, 2.05) is 0 Å². The number of rotatable bonds is 9. The minimum absolute atomic E-state index is 0.113. The molecular weight excluding hydrogens is 360 g/mol. The third-order valence-electron chi connectivity index (χ3n) is 5.53. The molecule has 0 spiro atoms. The first-order valence-electron chi connectivity index (χ1n) is 10.3. The van der Waals surface area contributed by atoms with Gasteiger partial charge < -0.3 is 15.5 Å². The largest absolute Gasteiger partial charge is 0.351 e. The second-order valence-corrected chi connectivity index (χ2v) is 9.40. The van der Waals surface area contributed by atoms with Gasteiger partial charge in [0.1, 0.15) is 6.33 Å². The van der Waals surface area contributed by atoms with Crippen LogP contribution in [0.4, 0.5) is 5.95 Å². The van der Waals surface area contributed by atoms with Crippen molar-refractivity contribution in [2.24, 2.45) is 5.92 Å². The van der Waals surface area contributed by atoms with Crippen molar-refractivity contribution in [1.29, 1.82) is 0 Å². The Morgan fingerprint density at radius 3 is 2.37 bits per heavy atom. The van der Waals surface area contributed by atoms with Crippen LogP contribution in [0.3, 0.4) is 0 Å². The molecule has 1 aliphatic heterocycles. The first-order chi connectivity index (χ1) is 12.6. The molecule has 27 heavy (non-hydrogen) atoms. The van der Waals surface area contributed by atoms with E-state index in [-0.39, 0.29) is 16.4 Å². The molecule has 1 unspecified atom stereocenters. The Labute approximate surface area is 169 Å². The topological polar surface area (TPSA) is 66.0 Å². The SMILES string of the molecule is CCN(CC)CCCC(Nc1ncnc(Cl)n1)C1CC(C)(C)NC(C)(C)C1. The number of nitrogens with zero attached hydrogens (tertiary/aromatic N) is 4. The highest BCUT2D eigenvalue weighted by molar-refractivity contribution is 6.28. The summed E-state index contributed by atoms with van der Waals surface area (Å²) in [5.74, 6) is 1.13. The third kappa shape index (κ3) is 7.16. The summed E-state index contributed by atoms with van der Waals surface area (Å²) in [7, 11) is 0. The lowest BCUT2D eigenvalue weighted by Crippen LogP contribution is -2.59. The molecule has 0 aromatic carbocycles. The van der Waals surface area contributed by atoms with Gasteiger partial charge in [-0.3, -0.25) is 0 Å². The zero-order valence-electron chi connectivity index (χ0n) is 17.8. The molecule has 1 aromatic rings. The predicted octanol–water partition coefficient (Wildman–Crippen LogP) is 3.98.